The van der Waals surface area contributed by atoms with Crippen LogP contribution in [0.15, 0.2) is 36.4 Å². The van der Waals surface area contributed by atoms with E-state index in [-0.39, 0.29) is 47.4 Å². The molecule has 2 aromatic carbocycles. The summed E-state index contributed by atoms with van der Waals surface area (Å²) in [5, 5.41) is 0. The number of rotatable bonds is 4. The van der Waals surface area contributed by atoms with Crippen LogP contribution in [0, 0.1) is 46.3 Å². The second-order valence-electron chi connectivity index (χ2n) is 18.9. The number of hydrogen-bond donors (Lipinski definition) is 0. The van der Waals surface area contributed by atoms with Gasteiger partial charge >= 0.3 is 17.9 Å². The van der Waals surface area contributed by atoms with Gasteiger partial charge in [0.15, 0.2) is 0 Å². The molecule has 0 unspecified atom stereocenters. The van der Waals surface area contributed by atoms with Crippen molar-refractivity contribution in [3.63, 3.8) is 0 Å². The van der Waals surface area contributed by atoms with Gasteiger partial charge in [-0.25, -0.2) is 0 Å². The molecule has 8 aliphatic heterocycles. The molecular weight excluding hydrogens is 677 g/mol. The number of nitrogens with zero attached hydrogens (tertiary/aromatic N) is 2. The molecule has 0 amide bonds. The number of carbonyl (C=O) groups is 3. The van der Waals surface area contributed by atoms with Crippen molar-refractivity contribution in [2.24, 2.45) is 46.3 Å². The first kappa shape index (κ1) is 36.1. The number of hydrogen-bond acceptors (Lipinski definition) is 8. The summed E-state index contributed by atoms with van der Waals surface area (Å²) in [5.41, 5.74) is 7.40. The van der Waals surface area contributed by atoms with E-state index >= 15 is 0 Å². The maximum Gasteiger partial charge on any atom is 0.310 e. The number of ether oxygens (including phenoxy) is 3. The van der Waals surface area contributed by atoms with Gasteiger partial charge in [-0.1, -0.05) is 45.0 Å². The molecule has 4 fully saturated rings. The molecule has 54 heavy (non-hydrogen) atoms. The topological polar surface area (TPSA) is 85.4 Å². The van der Waals surface area contributed by atoms with Crippen LogP contribution >= 0.6 is 0 Å². The summed E-state index contributed by atoms with van der Waals surface area (Å²) in [6.07, 6.45) is 11.9. The summed E-state index contributed by atoms with van der Waals surface area (Å²) >= 11 is 0. The van der Waals surface area contributed by atoms with Crippen LogP contribution in [-0.4, -0.2) is 43.9 Å². The molecule has 4 saturated carbocycles. The molecule has 4 aliphatic carbocycles. The van der Waals surface area contributed by atoms with Crippen LogP contribution in [-0.2, 0) is 54.5 Å². The van der Waals surface area contributed by atoms with Crippen LogP contribution in [0.3, 0.4) is 0 Å². The van der Waals surface area contributed by atoms with Crippen LogP contribution in [0.25, 0.3) is 0 Å². The first-order valence-corrected chi connectivity index (χ1v) is 21.2. The number of benzene rings is 2. The zero-order valence-corrected chi connectivity index (χ0v) is 32.9. The third-order valence-electron chi connectivity index (χ3n) is 16.3. The largest absolute Gasteiger partial charge is 0.469 e. The van der Waals surface area contributed by atoms with E-state index in [1.165, 1.54) is 48.0 Å². The summed E-state index contributed by atoms with van der Waals surface area (Å²) in [6.45, 7) is 9.79. The SMILES string of the molecule is COC(=O)CC[C@@H](C)[C@H]1CC[C@H]2[C@@H]3CC[C@@H]4C[C@H]5CC[C@]4(C)[C@H]3C[C@H](OC(=O)Cc3ccc4c(c3)CN3CN4Cc4cc(ccc43)CCCC(=O)O5)[C@]12C. The van der Waals surface area contributed by atoms with Gasteiger partial charge in [0.2, 0.25) is 0 Å². The quantitative estimate of drug-likeness (QED) is 0.228. The zero-order valence-electron chi connectivity index (χ0n) is 32.9. The first-order valence-electron chi connectivity index (χ1n) is 21.2. The van der Waals surface area contributed by atoms with E-state index < -0.39 is 0 Å². The molecule has 14 rings (SSSR count). The number of anilines is 2. The summed E-state index contributed by atoms with van der Waals surface area (Å²) in [6, 6.07) is 13.4. The van der Waals surface area contributed by atoms with Gasteiger partial charge in [0, 0.05) is 42.7 Å². The highest BCUT2D eigenvalue weighted by Gasteiger charge is 2.65. The standard InChI is InChI=1S/C46H60N2O6/c1-28(8-17-42(49)52-4)36-13-14-37-35-12-11-33-23-34-18-19-45(33,2)38(35)24-41(46(36,37)3)54-44(51)22-30-10-16-40-32(21-30)26-48-27-47(40)25-31-20-29(9-15-39(31)48)6-5-7-43(50)53-34/h9-10,15-16,20-21,28,33-38,41H,5-8,11-14,17-19,22-27H2,1-4H3/t28-,33-,34-,35+,36-,37+,38+,41+,45+,46-/m1/s1. The van der Waals surface area contributed by atoms with Gasteiger partial charge in [-0.3, -0.25) is 14.4 Å². The van der Waals surface area contributed by atoms with E-state index in [4.69, 9.17) is 14.2 Å². The number of fused-ring (bicyclic) bond motifs is 3. The van der Waals surface area contributed by atoms with Crippen molar-refractivity contribution in [1.29, 1.82) is 0 Å². The predicted molar refractivity (Wildman–Crippen MR) is 208 cm³/mol. The number of aryl methyl sites for hydroxylation is 1. The predicted octanol–water partition coefficient (Wildman–Crippen LogP) is 8.54. The Morgan fingerprint density at radius 2 is 1.61 bits per heavy atom. The molecule has 12 aliphatic rings. The highest BCUT2D eigenvalue weighted by Crippen LogP contribution is 2.69. The van der Waals surface area contributed by atoms with Crippen LogP contribution in [0.4, 0.5) is 11.4 Å². The molecule has 0 N–H and O–H groups in total. The van der Waals surface area contributed by atoms with Gasteiger partial charge in [-0.15, -0.1) is 0 Å². The molecule has 10 atom stereocenters. The number of methoxy groups -OCH3 is 1. The summed E-state index contributed by atoms with van der Waals surface area (Å²) < 4.78 is 18.1. The van der Waals surface area contributed by atoms with Crippen molar-refractivity contribution in [1.82, 2.24) is 0 Å². The fraction of sp³-hybridized carbons (Fsp3) is 0.674. The van der Waals surface area contributed by atoms with E-state index in [9.17, 15) is 14.4 Å². The monoisotopic (exact) mass is 736 g/mol. The van der Waals surface area contributed by atoms with Crippen molar-refractivity contribution in [2.45, 2.75) is 136 Å². The molecule has 8 heteroatoms. The maximum absolute atomic E-state index is 14.3. The molecule has 0 spiro atoms. The van der Waals surface area contributed by atoms with Crippen LogP contribution < -0.4 is 9.80 Å². The minimum Gasteiger partial charge on any atom is -0.469 e. The van der Waals surface area contributed by atoms with Crippen LogP contribution in [0.5, 0.6) is 0 Å². The Kier molecular flexibility index (Phi) is 9.28. The third-order valence-corrected chi connectivity index (χ3v) is 16.3. The Balaban J connectivity index is 1.04. The zero-order chi connectivity index (χ0) is 37.4. The van der Waals surface area contributed by atoms with Gasteiger partial charge in [0.1, 0.15) is 12.2 Å². The Morgan fingerprint density at radius 1 is 0.870 bits per heavy atom. The molecule has 0 radical (unpaired) electrons. The fourth-order valence-corrected chi connectivity index (χ4v) is 13.5. The normalized spacial score (nSPS) is 36.2. The van der Waals surface area contributed by atoms with Gasteiger partial charge in [0.25, 0.3) is 0 Å². The average molecular weight is 737 g/mol. The van der Waals surface area contributed by atoms with E-state index in [0.717, 1.165) is 83.1 Å². The molecule has 2 aromatic rings. The van der Waals surface area contributed by atoms with Gasteiger partial charge < -0.3 is 24.0 Å². The van der Waals surface area contributed by atoms with Crippen LogP contribution in [0.2, 0.25) is 0 Å². The summed E-state index contributed by atoms with van der Waals surface area (Å²) in [7, 11) is 1.47. The summed E-state index contributed by atoms with van der Waals surface area (Å²) in [4.78, 5) is 44.6. The molecule has 0 saturated heterocycles. The summed E-state index contributed by atoms with van der Waals surface area (Å²) in [5.74, 6) is 2.45. The van der Waals surface area contributed by atoms with E-state index in [1.54, 1.807) is 0 Å². The Morgan fingerprint density at radius 3 is 2.37 bits per heavy atom. The smallest absolute Gasteiger partial charge is 0.310 e. The molecule has 0 aromatic heterocycles. The lowest BCUT2D eigenvalue weighted by atomic mass is 9.43. The van der Waals surface area contributed by atoms with E-state index in [0.29, 0.717) is 48.3 Å². The Labute approximate surface area is 321 Å². The van der Waals surface area contributed by atoms with Crippen molar-refractivity contribution < 1.29 is 28.6 Å². The Bertz CT molecular complexity index is 1810. The molecule has 13 bridgehead atoms. The minimum atomic E-state index is -0.170. The fourth-order valence-electron chi connectivity index (χ4n) is 13.5. The van der Waals surface area contributed by atoms with Crippen molar-refractivity contribution in [3.05, 3.63) is 58.7 Å². The van der Waals surface area contributed by atoms with Gasteiger partial charge in [0.05, 0.1) is 20.2 Å². The highest BCUT2D eigenvalue weighted by molar-refractivity contribution is 5.75. The third kappa shape index (κ3) is 6.13. The minimum absolute atomic E-state index is 0.00567. The second kappa shape index (κ2) is 13.9. The first-order chi connectivity index (χ1) is 26.0. The number of carbonyl (C=O) groups excluding carboxylic acids is 3. The average Bonchev–Trinajstić information content (AvgIpc) is 3.52. The Hall–Kier alpha value is -3.55. The molecule has 8 nitrogen and oxygen atoms in total. The molecular formula is C46H60N2O6. The number of esters is 3. The molecule has 8 heterocycles. The van der Waals surface area contributed by atoms with Crippen molar-refractivity contribution >= 4 is 29.3 Å². The van der Waals surface area contributed by atoms with Crippen molar-refractivity contribution in [2.75, 3.05) is 23.6 Å². The van der Waals surface area contributed by atoms with Crippen LogP contribution in [0.1, 0.15) is 120 Å². The van der Waals surface area contributed by atoms with E-state index in [2.05, 4.69) is 67.0 Å². The lowest BCUT2D eigenvalue weighted by molar-refractivity contribution is -0.199. The lowest BCUT2D eigenvalue weighted by Crippen LogP contribution is -2.59. The highest BCUT2D eigenvalue weighted by atomic mass is 16.5. The van der Waals surface area contributed by atoms with Gasteiger partial charge in [-0.2, -0.15) is 0 Å². The van der Waals surface area contributed by atoms with Gasteiger partial charge in [-0.05, 0) is 146 Å². The molecule has 290 valence electrons. The maximum atomic E-state index is 14.3. The van der Waals surface area contributed by atoms with Crippen molar-refractivity contribution in [3.8, 4) is 0 Å². The lowest BCUT2D eigenvalue weighted by Gasteiger charge is -2.62. The second-order valence-corrected chi connectivity index (χ2v) is 18.9. The van der Waals surface area contributed by atoms with E-state index in [1.807, 2.05) is 0 Å².